The number of likely N-dealkylation sites (tertiary alicyclic amines) is 2. The molecule has 2 aliphatic heterocycles. The summed E-state index contributed by atoms with van der Waals surface area (Å²) in [5.74, 6) is 1.49. The van der Waals surface area contributed by atoms with Crippen molar-refractivity contribution in [1.29, 1.82) is 0 Å². The third-order valence-electron chi connectivity index (χ3n) is 12.7. The number of halogens is 6. The van der Waals surface area contributed by atoms with Crippen LogP contribution >= 0.6 is 0 Å². The molecule has 2 N–H and O–H groups in total. The van der Waals surface area contributed by atoms with E-state index in [4.69, 9.17) is 9.47 Å². The standard InChI is InChI=1S/2C24H29F3N4O2/c2*1-23(2,14-33-21-17(15-6-7-15)5-4-10-28-21)22(32)30-19-13-31(3)12-18(19)16-8-9-20(29-11-16)24(25,26)27/h2*4-5,8-11,15,18-19H,6-7,12-14H2,1-3H3,(H,30,32)/t2*18-,19+/m10/s1. The number of likely N-dealkylation sites (N-methyl/N-ethyl adjacent to an activating group) is 2. The lowest BCUT2D eigenvalue weighted by atomic mass is 9.90. The largest absolute Gasteiger partial charge is 0.476 e. The zero-order chi connectivity index (χ0) is 47.6. The Kier molecular flexibility index (Phi) is 14.3. The summed E-state index contributed by atoms with van der Waals surface area (Å²) >= 11 is 0. The van der Waals surface area contributed by atoms with Crippen LogP contribution in [0.3, 0.4) is 0 Å². The van der Waals surface area contributed by atoms with Crippen molar-refractivity contribution in [2.45, 2.75) is 101 Å². The van der Waals surface area contributed by atoms with Crippen LogP contribution in [0.15, 0.2) is 73.3 Å². The number of carbonyl (C=O) groups is 2. The molecule has 4 atom stereocenters. The molecule has 0 aromatic carbocycles. The molecule has 0 bridgehead atoms. The fraction of sp³-hybridized carbons (Fsp3) is 0.542. The van der Waals surface area contributed by atoms with E-state index in [1.807, 2.05) is 75.9 Å². The minimum Gasteiger partial charge on any atom is -0.476 e. The van der Waals surface area contributed by atoms with Gasteiger partial charge in [-0.3, -0.25) is 19.6 Å². The van der Waals surface area contributed by atoms with Crippen LogP contribution in [0.25, 0.3) is 0 Å². The number of amides is 2. The number of ether oxygens (including phenoxy) is 2. The fourth-order valence-corrected chi connectivity index (χ4v) is 8.37. The Morgan fingerprint density at radius 1 is 0.591 bits per heavy atom. The van der Waals surface area contributed by atoms with Gasteiger partial charge < -0.3 is 29.9 Å². The Morgan fingerprint density at radius 3 is 1.29 bits per heavy atom. The van der Waals surface area contributed by atoms with Gasteiger partial charge in [-0.15, -0.1) is 0 Å². The van der Waals surface area contributed by atoms with Gasteiger partial charge in [0.15, 0.2) is 0 Å². The average molecular weight is 925 g/mol. The van der Waals surface area contributed by atoms with E-state index in [2.05, 4.69) is 30.6 Å². The van der Waals surface area contributed by atoms with Crippen molar-refractivity contribution in [3.8, 4) is 11.8 Å². The molecule has 2 saturated carbocycles. The SMILES string of the molecule is CN1C[C@@H](NC(=O)C(C)(C)COc2ncccc2C2CC2)[C@H](c2ccc(C(F)(F)F)nc2)C1.CN1C[C@H](NC(=O)C(C)(C)COc2ncccc2C2CC2)[C@@H](c2ccc(C(F)(F)F)nc2)C1. The van der Waals surface area contributed by atoms with E-state index in [0.29, 0.717) is 60.9 Å². The van der Waals surface area contributed by atoms with Gasteiger partial charge in [-0.25, -0.2) is 9.97 Å². The third-order valence-corrected chi connectivity index (χ3v) is 12.7. The second-order valence-corrected chi connectivity index (χ2v) is 19.5. The summed E-state index contributed by atoms with van der Waals surface area (Å²) in [7, 11) is 3.84. The van der Waals surface area contributed by atoms with Crippen LogP contribution < -0.4 is 20.1 Å². The van der Waals surface area contributed by atoms with Gasteiger partial charge in [-0.05, 0) is 115 Å². The smallest absolute Gasteiger partial charge is 0.433 e. The predicted molar refractivity (Wildman–Crippen MR) is 234 cm³/mol. The maximum absolute atomic E-state index is 13.1. The first-order valence-electron chi connectivity index (χ1n) is 22.3. The van der Waals surface area contributed by atoms with E-state index < -0.39 is 34.6 Å². The van der Waals surface area contributed by atoms with Gasteiger partial charge in [-0.1, -0.05) is 24.3 Å². The van der Waals surface area contributed by atoms with E-state index in [-0.39, 0.29) is 48.9 Å². The summed E-state index contributed by atoms with van der Waals surface area (Å²) < 4.78 is 89.1. The fourth-order valence-electron chi connectivity index (χ4n) is 8.37. The first kappa shape index (κ1) is 48.6. The van der Waals surface area contributed by atoms with Crippen molar-refractivity contribution >= 4 is 11.8 Å². The third kappa shape index (κ3) is 12.1. The maximum Gasteiger partial charge on any atom is 0.433 e. The minimum atomic E-state index is -4.48. The Hall–Kier alpha value is -5.36. The highest BCUT2D eigenvalue weighted by Crippen LogP contribution is 2.45. The molecule has 0 radical (unpaired) electrons. The second-order valence-electron chi connectivity index (χ2n) is 19.5. The van der Waals surface area contributed by atoms with Crippen LogP contribution in [-0.2, 0) is 21.9 Å². The summed E-state index contributed by atoms with van der Waals surface area (Å²) in [6, 6.07) is 12.2. The van der Waals surface area contributed by atoms with Crippen LogP contribution in [0.1, 0.15) is 111 Å². The number of nitrogens with one attached hydrogen (secondary N) is 2. The van der Waals surface area contributed by atoms with Gasteiger partial charge in [0.25, 0.3) is 0 Å². The number of pyridine rings is 4. The molecular formula is C48H58F6N8O4. The lowest BCUT2D eigenvalue weighted by Gasteiger charge is -2.28. The normalized spacial score (nSPS) is 21.8. The van der Waals surface area contributed by atoms with Crippen LogP contribution in [0.5, 0.6) is 11.8 Å². The Balaban J connectivity index is 0.000000196. The molecule has 4 aliphatic rings. The molecule has 66 heavy (non-hydrogen) atoms. The lowest BCUT2D eigenvalue weighted by molar-refractivity contribution is -0.142. The van der Waals surface area contributed by atoms with Gasteiger partial charge in [-0.2, -0.15) is 26.3 Å². The van der Waals surface area contributed by atoms with E-state index in [0.717, 1.165) is 48.9 Å². The minimum absolute atomic E-state index is 0.150. The molecule has 0 spiro atoms. The Morgan fingerprint density at radius 2 is 0.970 bits per heavy atom. The molecule has 0 unspecified atom stereocenters. The number of aromatic nitrogens is 4. The monoisotopic (exact) mass is 924 g/mol. The molecular weight excluding hydrogens is 867 g/mol. The number of rotatable bonds is 14. The van der Waals surface area contributed by atoms with Gasteiger partial charge in [0.1, 0.15) is 24.6 Å². The zero-order valence-electron chi connectivity index (χ0n) is 38.0. The van der Waals surface area contributed by atoms with E-state index in [9.17, 15) is 35.9 Å². The average Bonchev–Trinajstić information content (AvgIpc) is 4.22. The Bertz CT molecular complexity index is 2140. The van der Waals surface area contributed by atoms with Crippen molar-refractivity contribution < 1.29 is 45.4 Å². The quantitative estimate of drug-likeness (QED) is 0.120. The van der Waals surface area contributed by atoms with E-state index in [1.165, 1.54) is 24.5 Å². The summed E-state index contributed by atoms with van der Waals surface area (Å²) in [4.78, 5) is 46.3. The first-order valence-corrected chi connectivity index (χ1v) is 22.3. The van der Waals surface area contributed by atoms with Crippen molar-refractivity contribution in [1.82, 2.24) is 40.4 Å². The summed E-state index contributed by atoms with van der Waals surface area (Å²) in [5, 5.41) is 6.20. The zero-order valence-corrected chi connectivity index (χ0v) is 38.0. The van der Waals surface area contributed by atoms with Crippen LogP contribution in [0.2, 0.25) is 0 Å². The second kappa shape index (κ2) is 19.5. The van der Waals surface area contributed by atoms with Crippen molar-refractivity contribution in [2.24, 2.45) is 10.8 Å². The molecule has 18 heteroatoms. The molecule has 4 aromatic rings. The molecule has 2 aliphatic carbocycles. The number of hydrogen-bond acceptors (Lipinski definition) is 10. The molecule has 4 aromatic heterocycles. The molecule has 4 fully saturated rings. The highest BCUT2D eigenvalue weighted by molar-refractivity contribution is 5.83. The highest BCUT2D eigenvalue weighted by Gasteiger charge is 2.41. The molecule has 2 amide bonds. The van der Waals surface area contributed by atoms with Crippen LogP contribution in [0.4, 0.5) is 26.3 Å². The molecule has 6 heterocycles. The van der Waals surface area contributed by atoms with Gasteiger partial charge in [0.05, 0.1) is 10.8 Å². The summed E-state index contributed by atoms with van der Waals surface area (Å²) in [6.45, 7) is 10.0. The van der Waals surface area contributed by atoms with Gasteiger partial charge in [0, 0.05) is 86.0 Å². The van der Waals surface area contributed by atoms with Crippen molar-refractivity contribution in [3.05, 3.63) is 107 Å². The molecule has 2 saturated heterocycles. The van der Waals surface area contributed by atoms with Crippen molar-refractivity contribution in [2.75, 3.05) is 53.5 Å². The summed E-state index contributed by atoms with van der Waals surface area (Å²) in [5.41, 5.74) is 0.0453. The van der Waals surface area contributed by atoms with E-state index in [1.54, 1.807) is 12.4 Å². The van der Waals surface area contributed by atoms with Gasteiger partial charge in [0.2, 0.25) is 23.6 Å². The topological polar surface area (TPSA) is 135 Å². The number of hydrogen-bond donors (Lipinski definition) is 2. The molecule has 12 nitrogen and oxygen atoms in total. The highest BCUT2D eigenvalue weighted by atomic mass is 19.4. The first-order chi connectivity index (χ1) is 31.1. The van der Waals surface area contributed by atoms with Gasteiger partial charge >= 0.3 is 12.4 Å². The Labute approximate surface area is 381 Å². The van der Waals surface area contributed by atoms with E-state index >= 15 is 0 Å². The number of nitrogens with zero attached hydrogens (tertiary/aromatic N) is 6. The maximum atomic E-state index is 13.1. The number of carbonyl (C=O) groups excluding carboxylic acids is 2. The predicted octanol–water partition coefficient (Wildman–Crippen LogP) is 7.98. The summed E-state index contributed by atoms with van der Waals surface area (Å²) in [6.07, 6.45) is 1.45. The number of alkyl halides is 6. The molecule has 356 valence electrons. The lowest BCUT2D eigenvalue weighted by Crippen LogP contribution is -2.48. The van der Waals surface area contributed by atoms with Crippen LogP contribution in [0, 0.1) is 10.8 Å². The molecule has 8 rings (SSSR count). The van der Waals surface area contributed by atoms with Crippen LogP contribution in [-0.4, -0.2) is 107 Å². The van der Waals surface area contributed by atoms with Crippen molar-refractivity contribution in [3.63, 3.8) is 0 Å².